The molecule has 0 unspecified atom stereocenters. The average Bonchev–Trinajstić information content (AvgIpc) is 1.80. The Morgan fingerprint density at radius 3 is 2.44 bits per heavy atom. The van der Waals surface area contributed by atoms with Gasteiger partial charge in [0.25, 0.3) is 0 Å². The fraction of sp³-hybridized carbons (Fsp3) is 0.429. The Hall–Kier alpha value is -0.920. The number of allylic oxidation sites excluding steroid dienone is 2. The topological polar surface area (TPSA) is 24.7 Å². The highest BCUT2D eigenvalue weighted by Crippen LogP contribution is 1.83. The van der Waals surface area contributed by atoms with Gasteiger partial charge >= 0.3 is 0 Å². The van der Waals surface area contributed by atoms with Gasteiger partial charge in [0.15, 0.2) is 0 Å². The molecule has 0 fully saturated rings. The van der Waals surface area contributed by atoms with Crippen LogP contribution in [0.3, 0.4) is 0 Å². The van der Waals surface area contributed by atoms with Gasteiger partial charge in [-0.2, -0.15) is 0 Å². The van der Waals surface area contributed by atoms with E-state index in [0.717, 1.165) is 0 Å². The van der Waals surface area contributed by atoms with Gasteiger partial charge in [0.1, 0.15) is 6.34 Å². The Bertz CT molecular complexity index is 139. The molecule has 0 N–H and O–H groups in total. The van der Waals surface area contributed by atoms with E-state index in [1.54, 1.807) is 13.3 Å². The predicted octanol–water partition coefficient (Wildman–Crippen LogP) is 1.68. The van der Waals surface area contributed by atoms with Crippen molar-refractivity contribution in [1.82, 2.24) is 0 Å². The van der Waals surface area contributed by atoms with Gasteiger partial charge in [0.2, 0.25) is 0 Å². The summed E-state index contributed by atoms with van der Waals surface area (Å²) < 4.78 is 0. The lowest BCUT2D eigenvalue weighted by Gasteiger charge is -1.78. The molecule has 0 aromatic rings. The number of aliphatic imine (C=N–C) groups is 2. The molecule has 0 saturated heterocycles. The first-order chi connectivity index (χ1) is 4.27. The zero-order valence-electron chi connectivity index (χ0n) is 6.13. The molecular formula is C7H12N2. The van der Waals surface area contributed by atoms with Gasteiger partial charge in [-0.3, -0.25) is 4.99 Å². The van der Waals surface area contributed by atoms with Crippen LogP contribution in [0.1, 0.15) is 13.8 Å². The summed E-state index contributed by atoms with van der Waals surface area (Å²) in [4.78, 5) is 7.52. The molecule has 0 aromatic carbocycles. The van der Waals surface area contributed by atoms with Gasteiger partial charge in [0, 0.05) is 13.3 Å². The van der Waals surface area contributed by atoms with Crippen molar-refractivity contribution in [3.63, 3.8) is 0 Å². The maximum absolute atomic E-state index is 3.84. The molecular weight excluding hydrogens is 112 g/mol. The molecule has 0 aliphatic rings. The minimum Gasteiger partial charge on any atom is -0.277 e. The predicted molar refractivity (Wildman–Crippen MR) is 42.3 cm³/mol. The van der Waals surface area contributed by atoms with Gasteiger partial charge in [-0.15, -0.1) is 0 Å². The standard InChI is InChI=1S/C7H12N2/c1-7(2)4-5-9-6-8-3/h4-6H,1-3H3. The van der Waals surface area contributed by atoms with Crippen LogP contribution in [0.15, 0.2) is 21.6 Å². The maximum atomic E-state index is 3.84. The lowest BCUT2D eigenvalue weighted by Crippen LogP contribution is -1.69. The Balaban J connectivity index is 3.60. The molecule has 0 saturated carbocycles. The molecule has 0 amide bonds. The number of nitrogens with zero attached hydrogens (tertiary/aromatic N) is 2. The zero-order valence-corrected chi connectivity index (χ0v) is 6.13. The minimum atomic E-state index is 1.24. The first-order valence-corrected chi connectivity index (χ1v) is 2.84. The van der Waals surface area contributed by atoms with Gasteiger partial charge < -0.3 is 0 Å². The Morgan fingerprint density at radius 2 is 2.00 bits per heavy atom. The molecule has 0 atom stereocenters. The summed E-state index contributed by atoms with van der Waals surface area (Å²) in [5, 5.41) is 0. The van der Waals surface area contributed by atoms with Gasteiger partial charge in [-0.25, -0.2) is 4.99 Å². The van der Waals surface area contributed by atoms with Crippen molar-refractivity contribution in [2.75, 3.05) is 7.05 Å². The average molecular weight is 124 g/mol. The van der Waals surface area contributed by atoms with E-state index in [9.17, 15) is 0 Å². The summed E-state index contributed by atoms with van der Waals surface area (Å²) in [5.41, 5.74) is 1.24. The van der Waals surface area contributed by atoms with E-state index >= 15 is 0 Å². The smallest absolute Gasteiger partial charge is 0.109 e. The van der Waals surface area contributed by atoms with E-state index in [1.165, 1.54) is 11.9 Å². The highest BCUT2D eigenvalue weighted by atomic mass is 14.8. The molecule has 0 aromatic heterocycles. The van der Waals surface area contributed by atoms with Crippen LogP contribution in [-0.2, 0) is 0 Å². The Morgan fingerprint density at radius 1 is 1.33 bits per heavy atom. The fourth-order valence-corrected chi connectivity index (χ4v) is 0.297. The van der Waals surface area contributed by atoms with Crippen LogP contribution in [0.2, 0.25) is 0 Å². The summed E-state index contributed by atoms with van der Waals surface area (Å²) in [6.07, 6.45) is 5.17. The molecule has 2 heteroatoms. The summed E-state index contributed by atoms with van der Waals surface area (Å²) >= 11 is 0. The monoisotopic (exact) mass is 124 g/mol. The number of rotatable bonds is 2. The van der Waals surface area contributed by atoms with Gasteiger partial charge in [0.05, 0.1) is 0 Å². The van der Waals surface area contributed by atoms with Crippen molar-refractivity contribution in [3.8, 4) is 0 Å². The van der Waals surface area contributed by atoms with E-state index in [2.05, 4.69) is 9.98 Å². The normalized spacial score (nSPS) is 11.0. The third kappa shape index (κ3) is 7.08. The van der Waals surface area contributed by atoms with Crippen LogP contribution in [0.4, 0.5) is 0 Å². The quantitative estimate of drug-likeness (QED) is 0.395. The molecule has 9 heavy (non-hydrogen) atoms. The molecule has 0 radical (unpaired) electrons. The fourth-order valence-electron chi connectivity index (χ4n) is 0.297. The van der Waals surface area contributed by atoms with E-state index < -0.39 is 0 Å². The molecule has 0 heterocycles. The van der Waals surface area contributed by atoms with Crippen LogP contribution in [0.25, 0.3) is 0 Å². The Kier molecular flexibility index (Phi) is 4.69. The largest absolute Gasteiger partial charge is 0.277 e. The van der Waals surface area contributed by atoms with Gasteiger partial charge in [-0.05, 0) is 19.9 Å². The summed E-state index contributed by atoms with van der Waals surface area (Å²) in [6, 6.07) is 0. The van der Waals surface area contributed by atoms with E-state index in [1.807, 2.05) is 19.9 Å². The molecule has 2 nitrogen and oxygen atoms in total. The molecule has 0 spiro atoms. The van der Waals surface area contributed by atoms with Crippen molar-refractivity contribution in [2.45, 2.75) is 13.8 Å². The molecule has 0 aliphatic carbocycles. The van der Waals surface area contributed by atoms with Gasteiger partial charge in [-0.1, -0.05) is 5.57 Å². The highest BCUT2D eigenvalue weighted by molar-refractivity contribution is 5.80. The van der Waals surface area contributed by atoms with Crippen molar-refractivity contribution in [1.29, 1.82) is 0 Å². The third-order valence-electron chi connectivity index (χ3n) is 0.676. The van der Waals surface area contributed by atoms with Crippen LogP contribution in [-0.4, -0.2) is 19.6 Å². The van der Waals surface area contributed by atoms with Crippen LogP contribution < -0.4 is 0 Å². The van der Waals surface area contributed by atoms with E-state index in [0.29, 0.717) is 0 Å². The lowest BCUT2D eigenvalue weighted by molar-refractivity contribution is 1.40. The molecule has 0 rings (SSSR count). The van der Waals surface area contributed by atoms with Crippen molar-refractivity contribution >= 4 is 12.6 Å². The summed E-state index contributed by atoms with van der Waals surface area (Å²) in [5.74, 6) is 0. The maximum Gasteiger partial charge on any atom is 0.109 e. The lowest BCUT2D eigenvalue weighted by atomic mass is 10.3. The van der Waals surface area contributed by atoms with E-state index in [4.69, 9.17) is 0 Å². The van der Waals surface area contributed by atoms with E-state index in [-0.39, 0.29) is 0 Å². The third-order valence-corrected chi connectivity index (χ3v) is 0.676. The number of hydrogen-bond donors (Lipinski definition) is 0. The van der Waals surface area contributed by atoms with Crippen LogP contribution in [0, 0.1) is 0 Å². The summed E-state index contributed by atoms with van der Waals surface area (Å²) in [7, 11) is 1.69. The second-order valence-electron chi connectivity index (χ2n) is 1.92. The highest BCUT2D eigenvalue weighted by Gasteiger charge is 1.67. The minimum absolute atomic E-state index is 1.24. The molecule has 0 bridgehead atoms. The summed E-state index contributed by atoms with van der Waals surface area (Å²) in [6.45, 7) is 4.05. The second-order valence-corrected chi connectivity index (χ2v) is 1.92. The SMILES string of the molecule is CN=CN=CC=C(C)C. The van der Waals surface area contributed by atoms with Crippen LogP contribution in [0.5, 0.6) is 0 Å². The number of hydrogen-bond acceptors (Lipinski definition) is 1. The molecule has 50 valence electrons. The van der Waals surface area contributed by atoms with Crippen molar-refractivity contribution in [3.05, 3.63) is 11.6 Å². The second kappa shape index (κ2) is 5.22. The first-order valence-electron chi connectivity index (χ1n) is 2.84. The zero-order chi connectivity index (χ0) is 7.11. The van der Waals surface area contributed by atoms with Crippen molar-refractivity contribution in [2.24, 2.45) is 9.98 Å². The molecule has 0 aliphatic heterocycles. The first kappa shape index (κ1) is 8.08. The Labute approximate surface area is 56.0 Å². The van der Waals surface area contributed by atoms with Crippen molar-refractivity contribution < 1.29 is 0 Å². The van der Waals surface area contributed by atoms with Crippen LogP contribution >= 0.6 is 0 Å².